The van der Waals surface area contributed by atoms with Gasteiger partial charge in [0, 0.05) is 23.5 Å². The molecule has 0 radical (unpaired) electrons. The fourth-order valence-corrected chi connectivity index (χ4v) is 5.08. The number of rotatable bonds is 8. The first-order chi connectivity index (χ1) is 14.7. The third-order valence-electron chi connectivity index (χ3n) is 5.91. The van der Waals surface area contributed by atoms with Crippen molar-refractivity contribution < 1.29 is 9.84 Å². The van der Waals surface area contributed by atoms with Crippen LogP contribution in [-0.4, -0.2) is 41.8 Å². The number of phenols is 1. The van der Waals surface area contributed by atoms with E-state index in [0.717, 1.165) is 57.0 Å². The molecule has 0 saturated carbocycles. The van der Waals surface area contributed by atoms with Gasteiger partial charge in [0.2, 0.25) is 0 Å². The highest BCUT2D eigenvalue weighted by atomic mass is 32.1. The van der Waals surface area contributed by atoms with E-state index in [1.165, 1.54) is 10.4 Å². The SMILES string of the molecule is COc1ccccc1C1CCN(CN(Cc2cccs2)Cc2ccccc2O)CC1. The topological polar surface area (TPSA) is 35.9 Å². The zero-order chi connectivity index (χ0) is 20.8. The normalized spacial score (nSPS) is 15.5. The van der Waals surface area contributed by atoms with Gasteiger partial charge in [-0.1, -0.05) is 42.5 Å². The lowest BCUT2D eigenvalue weighted by atomic mass is 9.89. The van der Waals surface area contributed by atoms with Crippen molar-refractivity contribution in [1.82, 2.24) is 9.80 Å². The van der Waals surface area contributed by atoms with Crippen LogP contribution in [0.1, 0.15) is 34.8 Å². The molecular weight excluding hydrogens is 392 g/mol. The molecule has 1 aliphatic heterocycles. The predicted molar refractivity (Wildman–Crippen MR) is 123 cm³/mol. The van der Waals surface area contributed by atoms with Gasteiger partial charge in [0.25, 0.3) is 0 Å². The maximum atomic E-state index is 10.3. The molecule has 0 atom stereocenters. The van der Waals surface area contributed by atoms with Crippen molar-refractivity contribution in [2.24, 2.45) is 0 Å². The van der Waals surface area contributed by atoms with Gasteiger partial charge in [-0.3, -0.25) is 9.80 Å². The van der Waals surface area contributed by atoms with Crippen LogP contribution < -0.4 is 4.74 Å². The third-order valence-corrected chi connectivity index (χ3v) is 6.77. The van der Waals surface area contributed by atoms with Crippen molar-refractivity contribution in [1.29, 1.82) is 0 Å². The second-order valence-corrected chi connectivity index (χ2v) is 9.00. The number of aromatic hydroxyl groups is 1. The molecule has 1 aromatic heterocycles. The number of likely N-dealkylation sites (tertiary alicyclic amines) is 1. The number of hydrogen-bond donors (Lipinski definition) is 1. The quantitative estimate of drug-likeness (QED) is 0.534. The second kappa shape index (κ2) is 10.1. The lowest BCUT2D eigenvalue weighted by Crippen LogP contribution is -2.41. The Balaban J connectivity index is 1.40. The summed E-state index contributed by atoms with van der Waals surface area (Å²) in [4.78, 5) is 6.33. The number of phenolic OH excluding ortho intramolecular Hbond substituents is 1. The van der Waals surface area contributed by atoms with Gasteiger partial charge in [0.1, 0.15) is 11.5 Å². The molecule has 4 nitrogen and oxygen atoms in total. The van der Waals surface area contributed by atoms with Crippen molar-refractivity contribution in [3.05, 3.63) is 82.0 Å². The molecule has 4 rings (SSSR count). The van der Waals surface area contributed by atoms with Crippen LogP contribution in [0.2, 0.25) is 0 Å². The first-order valence-electron chi connectivity index (χ1n) is 10.6. The summed E-state index contributed by atoms with van der Waals surface area (Å²) < 4.78 is 5.58. The first-order valence-corrected chi connectivity index (χ1v) is 11.5. The van der Waals surface area contributed by atoms with Gasteiger partial charge in [0.05, 0.1) is 13.8 Å². The summed E-state index contributed by atoms with van der Waals surface area (Å²) in [7, 11) is 1.76. The minimum Gasteiger partial charge on any atom is -0.508 e. The zero-order valence-corrected chi connectivity index (χ0v) is 18.4. The number of benzene rings is 2. The van der Waals surface area contributed by atoms with Crippen molar-refractivity contribution in [3.8, 4) is 11.5 Å². The Bertz CT molecular complexity index is 920. The number of methoxy groups -OCH3 is 1. The Kier molecular flexibility index (Phi) is 7.05. The molecule has 0 unspecified atom stereocenters. The van der Waals surface area contributed by atoms with E-state index in [9.17, 15) is 5.11 Å². The molecule has 5 heteroatoms. The van der Waals surface area contributed by atoms with E-state index < -0.39 is 0 Å². The predicted octanol–water partition coefficient (Wildman–Crippen LogP) is 5.30. The molecule has 0 amide bonds. The van der Waals surface area contributed by atoms with Crippen LogP contribution in [-0.2, 0) is 13.1 Å². The Morgan fingerprint density at radius 1 is 1.00 bits per heavy atom. The van der Waals surface area contributed by atoms with E-state index in [1.807, 2.05) is 24.3 Å². The number of para-hydroxylation sites is 2. The van der Waals surface area contributed by atoms with E-state index in [4.69, 9.17) is 4.74 Å². The number of thiophene rings is 1. The van der Waals surface area contributed by atoms with Gasteiger partial charge in [0.15, 0.2) is 0 Å². The third kappa shape index (κ3) is 5.22. The maximum absolute atomic E-state index is 10.3. The molecule has 30 heavy (non-hydrogen) atoms. The van der Waals surface area contributed by atoms with Crippen LogP contribution >= 0.6 is 11.3 Å². The molecule has 158 valence electrons. The zero-order valence-electron chi connectivity index (χ0n) is 17.5. The molecule has 2 heterocycles. The highest BCUT2D eigenvalue weighted by molar-refractivity contribution is 7.09. The van der Waals surface area contributed by atoms with Gasteiger partial charge in [-0.15, -0.1) is 11.3 Å². The highest BCUT2D eigenvalue weighted by Gasteiger charge is 2.24. The molecule has 1 fully saturated rings. The average molecular weight is 423 g/mol. The number of nitrogens with zero attached hydrogens (tertiary/aromatic N) is 2. The molecule has 0 bridgehead atoms. The molecule has 1 N–H and O–H groups in total. The van der Waals surface area contributed by atoms with Crippen LogP contribution in [0.15, 0.2) is 66.0 Å². The van der Waals surface area contributed by atoms with Crippen LogP contribution in [0.5, 0.6) is 11.5 Å². The Hall–Kier alpha value is -2.34. The van der Waals surface area contributed by atoms with Gasteiger partial charge < -0.3 is 9.84 Å². The van der Waals surface area contributed by atoms with Crippen LogP contribution in [0, 0.1) is 0 Å². The molecule has 1 saturated heterocycles. The van der Waals surface area contributed by atoms with Crippen LogP contribution in [0.25, 0.3) is 0 Å². The molecule has 2 aromatic carbocycles. The second-order valence-electron chi connectivity index (χ2n) is 7.97. The van der Waals surface area contributed by atoms with Gasteiger partial charge in [-0.25, -0.2) is 0 Å². The van der Waals surface area contributed by atoms with Crippen molar-refractivity contribution >= 4 is 11.3 Å². The standard InChI is InChI=1S/C25H30N2O2S/c1-29-25-11-5-3-9-23(25)20-12-14-26(15-13-20)19-27(18-22-8-6-16-30-22)17-21-7-2-4-10-24(21)28/h2-11,16,20,28H,12-15,17-19H2,1H3. The number of ether oxygens (including phenoxy) is 1. The molecule has 0 spiro atoms. The van der Waals surface area contributed by atoms with E-state index in [1.54, 1.807) is 24.5 Å². The largest absolute Gasteiger partial charge is 0.508 e. The Morgan fingerprint density at radius 2 is 1.77 bits per heavy atom. The molecular formula is C25H30N2O2S. The summed E-state index contributed by atoms with van der Waals surface area (Å²) >= 11 is 1.79. The highest BCUT2D eigenvalue weighted by Crippen LogP contribution is 2.34. The molecule has 3 aromatic rings. The van der Waals surface area contributed by atoms with E-state index in [-0.39, 0.29) is 0 Å². The minimum absolute atomic E-state index is 0.378. The van der Waals surface area contributed by atoms with E-state index in [0.29, 0.717) is 11.7 Å². The average Bonchev–Trinajstić information content (AvgIpc) is 3.29. The minimum atomic E-state index is 0.378. The van der Waals surface area contributed by atoms with Crippen LogP contribution in [0.3, 0.4) is 0 Å². The summed E-state index contributed by atoms with van der Waals surface area (Å²) in [6, 6.07) is 20.4. The Labute approximate surface area is 183 Å². The number of hydrogen-bond acceptors (Lipinski definition) is 5. The summed E-state index contributed by atoms with van der Waals surface area (Å²) in [6.45, 7) is 4.70. The Morgan fingerprint density at radius 3 is 2.50 bits per heavy atom. The monoisotopic (exact) mass is 422 g/mol. The van der Waals surface area contributed by atoms with Crippen molar-refractivity contribution in [2.45, 2.75) is 31.8 Å². The summed E-state index contributed by atoms with van der Waals surface area (Å²) in [6.07, 6.45) is 2.29. The maximum Gasteiger partial charge on any atom is 0.122 e. The van der Waals surface area contributed by atoms with Gasteiger partial charge in [-0.2, -0.15) is 0 Å². The summed E-state index contributed by atoms with van der Waals surface area (Å²) in [5.41, 5.74) is 2.32. The van der Waals surface area contributed by atoms with E-state index in [2.05, 4.69) is 45.5 Å². The fraction of sp³-hybridized carbons (Fsp3) is 0.360. The fourth-order valence-electron chi connectivity index (χ4n) is 4.34. The smallest absolute Gasteiger partial charge is 0.122 e. The lowest BCUT2D eigenvalue weighted by Gasteiger charge is -2.36. The summed E-state index contributed by atoms with van der Waals surface area (Å²) in [5.74, 6) is 1.94. The van der Waals surface area contributed by atoms with Crippen molar-refractivity contribution in [3.63, 3.8) is 0 Å². The lowest BCUT2D eigenvalue weighted by molar-refractivity contribution is 0.0961. The molecule has 1 aliphatic rings. The number of piperidine rings is 1. The molecule has 0 aliphatic carbocycles. The van der Waals surface area contributed by atoms with Crippen molar-refractivity contribution in [2.75, 3.05) is 26.9 Å². The first kappa shape index (κ1) is 20.9. The van der Waals surface area contributed by atoms with E-state index >= 15 is 0 Å². The van der Waals surface area contributed by atoms with Crippen LogP contribution in [0.4, 0.5) is 0 Å². The van der Waals surface area contributed by atoms with Gasteiger partial charge >= 0.3 is 0 Å². The van der Waals surface area contributed by atoms with Gasteiger partial charge in [-0.05, 0) is 61.0 Å². The summed E-state index contributed by atoms with van der Waals surface area (Å²) in [5, 5.41) is 12.4.